The Balaban J connectivity index is 1.13. The van der Waals surface area contributed by atoms with Crippen LogP contribution in [0, 0.1) is 13.8 Å². The Bertz CT molecular complexity index is 1090. The average Bonchev–Trinajstić information content (AvgIpc) is 2.97. The Morgan fingerprint density at radius 2 is 1.87 bits per heavy atom. The second-order valence-electron chi connectivity index (χ2n) is 11.4. The molecule has 0 unspecified atom stereocenters. The fourth-order valence-corrected chi connectivity index (χ4v) is 6.23. The lowest BCUT2D eigenvalue weighted by molar-refractivity contribution is -0.0547. The molecule has 1 aromatic heterocycles. The van der Waals surface area contributed by atoms with Gasteiger partial charge < -0.3 is 24.4 Å². The molecule has 1 N–H and O–H groups in total. The maximum Gasteiger partial charge on any atom is 0.272 e. The van der Waals surface area contributed by atoms with E-state index in [9.17, 15) is 4.79 Å². The highest BCUT2D eigenvalue weighted by Crippen LogP contribution is 2.33. The summed E-state index contributed by atoms with van der Waals surface area (Å²) in [5, 5.41) is 3.76. The molecule has 1 amide bonds. The highest BCUT2D eigenvalue weighted by molar-refractivity contribution is 5.93. The van der Waals surface area contributed by atoms with E-state index in [-0.39, 0.29) is 24.2 Å². The third kappa shape index (κ3) is 7.04. The first kappa shape index (κ1) is 28.1. The third-order valence-corrected chi connectivity index (χ3v) is 8.73. The van der Waals surface area contributed by atoms with Crippen molar-refractivity contribution in [2.24, 2.45) is 0 Å². The fourth-order valence-electron chi connectivity index (χ4n) is 6.23. The van der Waals surface area contributed by atoms with Gasteiger partial charge in [-0.05, 0) is 70.8 Å². The summed E-state index contributed by atoms with van der Waals surface area (Å²) in [5.41, 5.74) is 4.93. The summed E-state index contributed by atoms with van der Waals surface area (Å²) in [6.07, 6.45) is 9.83. The largest absolute Gasteiger partial charge is 0.379 e. The minimum Gasteiger partial charge on any atom is -0.379 e. The molecule has 4 atom stereocenters. The minimum atomic E-state index is 0.0174. The number of carbonyl (C=O) groups is 1. The SMILES string of the molecule is CO[C@H]1COCC[C@H]1NC1CCN(C(=O)c2ncnc(CC[C@@H]3CCC[C@H](c4ccc(C)cc4)O3)c2C)CC1. The molecule has 4 heterocycles. The Morgan fingerprint density at radius 1 is 1.08 bits per heavy atom. The van der Waals surface area contributed by atoms with E-state index in [4.69, 9.17) is 14.2 Å². The number of likely N-dealkylation sites (tertiary alicyclic amines) is 1. The van der Waals surface area contributed by atoms with E-state index in [2.05, 4.69) is 46.5 Å². The zero-order valence-electron chi connectivity index (χ0n) is 23.7. The highest BCUT2D eigenvalue weighted by atomic mass is 16.5. The van der Waals surface area contributed by atoms with Gasteiger partial charge in [0.2, 0.25) is 0 Å². The van der Waals surface area contributed by atoms with Crippen molar-refractivity contribution >= 4 is 5.91 Å². The van der Waals surface area contributed by atoms with Crippen molar-refractivity contribution in [2.45, 2.75) is 95.6 Å². The summed E-state index contributed by atoms with van der Waals surface area (Å²) in [7, 11) is 1.75. The summed E-state index contributed by atoms with van der Waals surface area (Å²) in [6, 6.07) is 9.39. The molecule has 39 heavy (non-hydrogen) atoms. The summed E-state index contributed by atoms with van der Waals surface area (Å²) in [4.78, 5) is 24.4. The predicted octanol–water partition coefficient (Wildman–Crippen LogP) is 4.33. The van der Waals surface area contributed by atoms with Crippen molar-refractivity contribution < 1.29 is 19.0 Å². The van der Waals surface area contributed by atoms with Crippen LogP contribution < -0.4 is 5.32 Å². The standard InChI is InChI=1S/C31H44N4O4/c1-21-7-9-23(10-8-21)28-6-4-5-25(39-28)11-12-26-22(2)30(33-20-32-26)31(36)35-16-13-24(14-17-35)34-27-15-18-38-19-29(27)37-3/h7-10,20,24-25,27-29,34H,4-6,11-19H2,1-3H3/t25-,27+,28+,29-/m0/s1. The molecule has 0 spiro atoms. The van der Waals surface area contributed by atoms with Gasteiger partial charge in [-0.3, -0.25) is 4.79 Å². The number of hydrogen-bond donors (Lipinski definition) is 1. The molecule has 0 saturated carbocycles. The topological polar surface area (TPSA) is 85.8 Å². The number of piperidine rings is 1. The second kappa shape index (κ2) is 13.3. The van der Waals surface area contributed by atoms with Gasteiger partial charge in [-0.2, -0.15) is 0 Å². The Labute approximate surface area is 232 Å². The van der Waals surface area contributed by atoms with Gasteiger partial charge in [-0.25, -0.2) is 9.97 Å². The first-order chi connectivity index (χ1) is 19.0. The summed E-state index contributed by atoms with van der Waals surface area (Å²) < 4.78 is 17.6. The number of carbonyl (C=O) groups excluding carboxylic acids is 1. The first-order valence-corrected chi connectivity index (χ1v) is 14.7. The van der Waals surface area contributed by atoms with Gasteiger partial charge in [-0.15, -0.1) is 0 Å². The smallest absolute Gasteiger partial charge is 0.272 e. The third-order valence-electron chi connectivity index (χ3n) is 8.73. The van der Waals surface area contributed by atoms with Crippen LogP contribution in [0.4, 0.5) is 0 Å². The van der Waals surface area contributed by atoms with E-state index in [1.165, 1.54) is 17.5 Å². The normalized spacial score (nSPS) is 26.5. The molecule has 3 saturated heterocycles. The Kier molecular flexibility index (Phi) is 9.61. The first-order valence-electron chi connectivity index (χ1n) is 14.7. The van der Waals surface area contributed by atoms with E-state index in [1.807, 2.05) is 11.8 Å². The van der Waals surface area contributed by atoms with Crippen LogP contribution >= 0.6 is 0 Å². The van der Waals surface area contributed by atoms with E-state index >= 15 is 0 Å². The number of benzene rings is 1. The van der Waals surface area contributed by atoms with Crippen LogP contribution in [-0.4, -0.2) is 78.5 Å². The molecule has 1 aromatic carbocycles. The molecule has 0 bridgehead atoms. The summed E-state index contributed by atoms with van der Waals surface area (Å²) in [6.45, 7) is 6.97. The van der Waals surface area contributed by atoms with Crippen molar-refractivity contribution in [2.75, 3.05) is 33.4 Å². The molecular weight excluding hydrogens is 492 g/mol. The summed E-state index contributed by atoms with van der Waals surface area (Å²) in [5.74, 6) is 0.0174. The molecule has 0 aliphatic carbocycles. The number of aromatic nitrogens is 2. The van der Waals surface area contributed by atoms with Crippen molar-refractivity contribution in [3.63, 3.8) is 0 Å². The molecule has 2 aromatic rings. The summed E-state index contributed by atoms with van der Waals surface area (Å²) >= 11 is 0. The number of hydrogen-bond acceptors (Lipinski definition) is 7. The zero-order chi connectivity index (χ0) is 27.2. The number of methoxy groups -OCH3 is 1. The predicted molar refractivity (Wildman–Crippen MR) is 150 cm³/mol. The minimum absolute atomic E-state index is 0.0174. The van der Waals surface area contributed by atoms with E-state index in [1.54, 1.807) is 13.4 Å². The number of ether oxygens (including phenoxy) is 3. The maximum absolute atomic E-state index is 13.5. The van der Waals surface area contributed by atoms with E-state index < -0.39 is 0 Å². The lowest BCUT2D eigenvalue weighted by Crippen LogP contribution is -2.54. The van der Waals surface area contributed by atoms with Crippen molar-refractivity contribution in [3.05, 3.63) is 58.7 Å². The molecular formula is C31H44N4O4. The number of nitrogens with one attached hydrogen (secondary N) is 1. The monoisotopic (exact) mass is 536 g/mol. The molecule has 3 fully saturated rings. The molecule has 3 aliphatic heterocycles. The molecule has 3 aliphatic rings. The number of nitrogens with zero attached hydrogens (tertiary/aromatic N) is 3. The van der Waals surface area contributed by atoms with Crippen LogP contribution in [0.3, 0.4) is 0 Å². The maximum atomic E-state index is 13.5. The van der Waals surface area contributed by atoms with Crippen LogP contribution in [0.15, 0.2) is 30.6 Å². The van der Waals surface area contributed by atoms with Crippen molar-refractivity contribution in [1.82, 2.24) is 20.2 Å². The van der Waals surface area contributed by atoms with Crippen molar-refractivity contribution in [1.29, 1.82) is 0 Å². The van der Waals surface area contributed by atoms with Gasteiger partial charge in [-0.1, -0.05) is 29.8 Å². The van der Waals surface area contributed by atoms with Crippen LogP contribution in [0.5, 0.6) is 0 Å². The highest BCUT2D eigenvalue weighted by Gasteiger charge is 2.31. The van der Waals surface area contributed by atoms with Gasteiger partial charge in [0.25, 0.3) is 5.91 Å². The number of rotatable bonds is 8. The molecule has 0 radical (unpaired) electrons. The molecule has 8 nitrogen and oxygen atoms in total. The second-order valence-corrected chi connectivity index (χ2v) is 11.4. The lowest BCUT2D eigenvalue weighted by Gasteiger charge is -2.38. The van der Waals surface area contributed by atoms with Crippen molar-refractivity contribution in [3.8, 4) is 0 Å². The average molecular weight is 537 g/mol. The molecule has 8 heteroatoms. The number of amides is 1. The van der Waals surface area contributed by atoms with Crippen LogP contribution in [0.1, 0.15) is 83.9 Å². The molecule has 5 rings (SSSR count). The lowest BCUT2D eigenvalue weighted by atomic mass is 9.95. The Morgan fingerprint density at radius 3 is 2.64 bits per heavy atom. The van der Waals surface area contributed by atoms with Gasteiger partial charge in [0.05, 0.1) is 24.9 Å². The number of aryl methyl sites for hydroxylation is 2. The van der Waals surface area contributed by atoms with Gasteiger partial charge in [0.1, 0.15) is 12.0 Å². The van der Waals surface area contributed by atoms with Gasteiger partial charge in [0, 0.05) is 50.1 Å². The van der Waals surface area contributed by atoms with Gasteiger partial charge in [0.15, 0.2) is 0 Å². The van der Waals surface area contributed by atoms with Crippen LogP contribution in [-0.2, 0) is 20.6 Å². The quantitative estimate of drug-likeness (QED) is 0.537. The van der Waals surface area contributed by atoms with E-state index in [0.29, 0.717) is 24.4 Å². The van der Waals surface area contributed by atoms with Gasteiger partial charge >= 0.3 is 0 Å². The zero-order valence-corrected chi connectivity index (χ0v) is 23.7. The molecule has 212 valence electrons. The van der Waals surface area contributed by atoms with Crippen LogP contribution in [0.2, 0.25) is 0 Å². The van der Waals surface area contributed by atoms with Crippen LogP contribution in [0.25, 0.3) is 0 Å². The fraction of sp³-hybridized carbons (Fsp3) is 0.645. The Hall–Kier alpha value is -2.39. The van der Waals surface area contributed by atoms with E-state index in [0.717, 1.165) is 75.9 Å².